The zero-order chi connectivity index (χ0) is 24.4. The number of rotatable bonds is 3. The highest BCUT2D eigenvalue weighted by atomic mass is 32.2. The second-order valence-electron chi connectivity index (χ2n) is 9.74. The fraction of sp³-hybridized carbons (Fsp3) is 0.375. The van der Waals surface area contributed by atoms with Crippen LogP contribution in [-0.4, -0.2) is 27.1 Å². The van der Waals surface area contributed by atoms with Crippen LogP contribution in [0.4, 0.5) is 10.8 Å². The van der Waals surface area contributed by atoms with Gasteiger partial charge in [-0.2, -0.15) is 5.26 Å². The molecule has 34 heavy (non-hydrogen) atoms. The van der Waals surface area contributed by atoms with Gasteiger partial charge in [0.25, 0.3) is 0 Å². The second kappa shape index (κ2) is 7.68. The summed E-state index contributed by atoms with van der Waals surface area (Å²) in [4.78, 5) is 29.1. The molecular formula is C24H24N6O2S2. The van der Waals surface area contributed by atoms with Crippen LogP contribution in [0.2, 0.25) is 0 Å². The molecule has 2 aromatic rings. The first-order valence-electron chi connectivity index (χ1n) is 11.0. The third-order valence-corrected chi connectivity index (χ3v) is 8.32. The van der Waals surface area contributed by atoms with E-state index in [1.54, 1.807) is 34.9 Å². The number of anilines is 2. The Morgan fingerprint density at radius 2 is 1.97 bits per heavy atom. The number of benzene rings is 1. The molecule has 3 aliphatic rings. The number of nitriles is 1. The highest BCUT2D eigenvalue weighted by Gasteiger charge is 2.61. The van der Waals surface area contributed by atoms with Gasteiger partial charge in [0.2, 0.25) is 11.0 Å². The molecule has 1 aromatic carbocycles. The number of amides is 1. The lowest BCUT2D eigenvalue weighted by Gasteiger charge is -2.45. The molecule has 3 heterocycles. The van der Waals surface area contributed by atoms with Gasteiger partial charge in [0.05, 0.1) is 5.57 Å². The van der Waals surface area contributed by atoms with Crippen LogP contribution >= 0.6 is 23.1 Å². The van der Waals surface area contributed by atoms with Gasteiger partial charge in [0, 0.05) is 34.2 Å². The summed E-state index contributed by atoms with van der Waals surface area (Å²) in [6.45, 7) is 8.17. The molecule has 0 saturated carbocycles. The number of carbonyl (C=O) groups is 2. The van der Waals surface area contributed by atoms with E-state index in [2.05, 4.69) is 35.4 Å². The molecule has 2 aliphatic heterocycles. The van der Waals surface area contributed by atoms with Gasteiger partial charge in [0.15, 0.2) is 10.1 Å². The molecule has 0 fully saturated rings. The van der Waals surface area contributed by atoms with Crippen LogP contribution in [0.1, 0.15) is 46.1 Å². The Balaban J connectivity index is 1.82. The number of nitrogens with zero attached hydrogens (tertiary/aromatic N) is 4. The van der Waals surface area contributed by atoms with E-state index < -0.39 is 11.3 Å². The molecular weight excluding hydrogens is 468 g/mol. The number of hydrogen-bond donors (Lipinski definition) is 2. The number of allylic oxidation sites excluding steroid dienone is 1. The Hall–Kier alpha value is -3.16. The second-order valence-corrected chi connectivity index (χ2v) is 12.5. The quantitative estimate of drug-likeness (QED) is 0.614. The molecule has 0 saturated heterocycles. The molecule has 0 radical (unpaired) electrons. The third kappa shape index (κ3) is 3.11. The van der Waals surface area contributed by atoms with E-state index in [4.69, 9.17) is 5.73 Å². The van der Waals surface area contributed by atoms with Crippen molar-refractivity contribution in [2.24, 2.45) is 11.1 Å². The van der Waals surface area contributed by atoms with Crippen molar-refractivity contribution in [1.29, 1.82) is 5.26 Å². The molecule has 1 aliphatic carbocycles. The predicted octanol–water partition coefficient (Wildman–Crippen LogP) is 4.09. The van der Waals surface area contributed by atoms with Crippen molar-refractivity contribution in [1.82, 2.24) is 10.2 Å². The molecule has 3 N–H and O–H groups in total. The average molecular weight is 493 g/mol. The Kier molecular flexibility index (Phi) is 5.11. The summed E-state index contributed by atoms with van der Waals surface area (Å²) >= 11 is 2.94. The van der Waals surface area contributed by atoms with Crippen LogP contribution in [0.3, 0.4) is 0 Å². The van der Waals surface area contributed by atoms with E-state index >= 15 is 0 Å². The van der Waals surface area contributed by atoms with Crippen molar-refractivity contribution < 1.29 is 9.59 Å². The summed E-state index contributed by atoms with van der Waals surface area (Å²) in [6.07, 6.45) is 0.761. The van der Waals surface area contributed by atoms with E-state index in [1.165, 1.54) is 11.3 Å². The fourth-order valence-corrected chi connectivity index (χ4v) is 7.24. The SMILES string of the molecule is CC(C)Sc1nnc(N2C(N)=C(C#N)[C@@]3(C(=O)Nc4ccccc43)C3=C2CC(C)(C)CC3=O)s1. The van der Waals surface area contributed by atoms with Crippen molar-refractivity contribution in [2.75, 3.05) is 10.2 Å². The minimum atomic E-state index is -1.57. The Morgan fingerprint density at radius 1 is 1.24 bits per heavy atom. The topological polar surface area (TPSA) is 125 Å². The maximum absolute atomic E-state index is 13.8. The van der Waals surface area contributed by atoms with Crippen LogP contribution < -0.4 is 16.0 Å². The molecule has 0 unspecified atom stereocenters. The third-order valence-electron chi connectivity index (χ3n) is 6.32. The Bertz CT molecular complexity index is 1350. The highest BCUT2D eigenvalue weighted by Crippen LogP contribution is 2.57. The van der Waals surface area contributed by atoms with Crippen LogP contribution in [0.25, 0.3) is 0 Å². The molecule has 10 heteroatoms. The number of thioether (sulfide) groups is 1. The van der Waals surface area contributed by atoms with E-state index in [1.807, 2.05) is 19.9 Å². The number of nitrogens with one attached hydrogen (secondary N) is 1. The monoisotopic (exact) mass is 492 g/mol. The first-order chi connectivity index (χ1) is 16.1. The van der Waals surface area contributed by atoms with Crippen LogP contribution in [0.5, 0.6) is 0 Å². The minimum absolute atomic E-state index is 0.0371. The molecule has 1 amide bonds. The van der Waals surface area contributed by atoms with Gasteiger partial charge in [-0.1, -0.05) is 69.0 Å². The standard InChI is InChI=1S/C24H24N6O2S2/c1-12(2)33-22-29-28-21(34-22)30-16-9-23(3,4)10-17(31)18(16)24(14(11-25)19(30)26)13-7-5-6-8-15(13)27-20(24)32/h5-8,12H,9-10,26H2,1-4H3,(H,27,32)/t24-/m1/s1. The lowest BCUT2D eigenvalue weighted by Crippen LogP contribution is -2.52. The average Bonchev–Trinajstić information content (AvgIpc) is 3.30. The molecule has 174 valence electrons. The van der Waals surface area contributed by atoms with Crippen molar-refractivity contribution in [3.05, 3.63) is 52.5 Å². The van der Waals surface area contributed by atoms with Crippen LogP contribution in [0, 0.1) is 16.7 Å². The van der Waals surface area contributed by atoms with Gasteiger partial charge in [-0.25, -0.2) is 0 Å². The number of Topliss-reactive ketones (excluding diaryl/α,β-unsaturated/α-hetero) is 1. The number of hydrogen-bond acceptors (Lipinski definition) is 9. The lowest BCUT2D eigenvalue weighted by molar-refractivity contribution is -0.123. The Morgan fingerprint density at radius 3 is 2.68 bits per heavy atom. The number of ketones is 1. The van der Waals surface area contributed by atoms with Gasteiger partial charge >= 0.3 is 0 Å². The molecule has 5 rings (SSSR count). The fourth-order valence-electron chi connectivity index (χ4n) is 5.13. The largest absolute Gasteiger partial charge is 0.384 e. The van der Waals surface area contributed by atoms with Crippen LogP contribution in [0.15, 0.2) is 51.3 Å². The van der Waals surface area contributed by atoms with Gasteiger partial charge < -0.3 is 11.1 Å². The van der Waals surface area contributed by atoms with E-state index in [9.17, 15) is 14.9 Å². The minimum Gasteiger partial charge on any atom is -0.384 e. The first kappa shape index (κ1) is 22.6. The molecule has 0 bridgehead atoms. The number of aromatic nitrogens is 2. The summed E-state index contributed by atoms with van der Waals surface area (Å²) in [7, 11) is 0. The van der Waals surface area contributed by atoms with E-state index in [-0.39, 0.29) is 29.0 Å². The summed E-state index contributed by atoms with van der Waals surface area (Å²) in [6, 6.07) is 9.36. The normalized spacial score (nSPS) is 23.4. The molecule has 8 nitrogen and oxygen atoms in total. The summed E-state index contributed by atoms with van der Waals surface area (Å²) < 4.78 is 0.768. The highest BCUT2D eigenvalue weighted by molar-refractivity contribution is 8.01. The van der Waals surface area contributed by atoms with Gasteiger partial charge in [-0.15, -0.1) is 10.2 Å². The summed E-state index contributed by atoms with van der Waals surface area (Å²) in [5.74, 6) is -0.484. The number of nitrogens with two attached hydrogens (primary N) is 1. The zero-order valence-electron chi connectivity index (χ0n) is 19.3. The lowest BCUT2D eigenvalue weighted by atomic mass is 9.61. The number of carbonyl (C=O) groups excluding carboxylic acids is 2. The Labute approximate surface area is 205 Å². The maximum atomic E-state index is 13.8. The van der Waals surface area contributed by atoms with Crippen molar-refractivity contribution in [3.63, 3.8) is 0 Å². The van der Waals surface area contributed by atoms with Gasteiger partial charge in [-0.3, -0.25) is 14.5 Å². The smallest absolute Gasteiger partial charge is 0.245 e. The summed E-state index contributed by atoms with van der Waals surface area (Å²) in [5, 5.41) is 22.7. The summed E-state index contributed by atoms with van der Waals surface area (Å²) in [5.41, 5.74) is 6.87. The van der Waals surface area contributed by atoms with Crippen molar-refractivity contribution >= 4 is 45.6 Å². The molecule has 1 aromatic heterocycles. The molecule has 1 atom stereocenters. The van der Waals surface area contributed by atoms with Crippen molar-refractivity contribution in [3.8, 4) is 6.07 Å². The number of para-hydroxylation sites is 1. The van der Waals surface area contributed by atoms with Crippen LogP contribution in [-0.2, 0) is 15.0 Å². The molecule has 1 spiro atoms. The van der Waals surface area contributed by atoms with Gasteiger partial charge in [-0.05, 0) is 17.9 Å². The van der Waals surface area contributed by atoms with E-state index in [0.717, 1.165) is 4.34 Å². The van der Waals surface area contributed by atoms with Crippen molar-refractivity contribution in [2.45, 2.75) is 55.5 Å². The predicted molar refractivity (Wildman–Crippen MR) is 132 cm³/mol. The van der Waals surface area contributed by atoms with E-state index in [0.29, 0.717) is 39.3 Å². The maximum Gasteiger partial charge on any atom is 0.245 e. The first-order valence-corrected chi connectivity index (χ1v) is 12.7. The number of fused-ring (bicyclic) bond motifs is 3. The zero-order valence-corrected chi connectivity index (χ0v) is 20.9. The van der Waals surface area contributed by atoms with Gasteiger partial charge in [0.1, 0.15) is 17.3 Å².